The summed E-state index contributed by atoms with van der Waals surface area (Å²) in [6.07, 6.45) is 3.67. The lowest BCUT2D eigenvalue weighted by molar-refractivity contribution is -0.135. The van der Waals surface area contributed by atoms with Gasteiger partial charge in [-0.05, 0) is 25.2 Å². The molecule has 0 spiro atoms. The van der Waals surface area contributed by atoms with Gasteiger partial charge in [-0.1, -0.05) is 6.92 Å². The van der Waals surface area contributed by atoms with Gasteiger partial charge in [0, 0.05) is 13.2 Å². The highest BCUT2D eigenvalue weighted by atomic mass is 16.5. The molecule has 4 heteroatoms. The van der Waals surface area contributed by atoms with E-state index in [9.17, 15) is 9.90 Å². The second-order valence-corrected chi connectivity index (χ2v) is 4.94. The quantitative estimate of drug-likeness (QED) is 0.775. The second kappa shape index (κ2) is 5.15. The van der Waals surface area contributed by atoms with Crippen LogP contribution in [0.25, 0.3) is 0 Å². The van der Waals surface area contributed by atoms with Crippen LogP contribution in [0, 0.1) is 5.92 Å². The van der Waals surface area contributed by atoms with Crippen molar-refractivity contribution in [1.29, 1.82) is 0 Å². The van der Waals surface area contributed by atoms with E-state index in [0.717, 1.165) is 32.4 Å². The minimum atomic E-state index is 0.0221. The van der Waals surface area contributed by atoms with Gasteiger partial charge in [-0.3, -0.25) is 4.79 Å². The molecule has 2 saturated heterocycles. The van der Waals surface area contributed by atoms with Gasteiger partial charge in [0.05, 0.1) is 25.2 Å². The number of aliphatic hydroxyl groups excluding tert-OH is 1. The molecule has 2 aliphatic rings. The van der Waals surface area contributed by atoms with Crippen molar-refractivity contribution in [3.63, 3.8) is 0 Å². The summed E-state index contributed by atoms with van der Waals surface area (Å²) in [6.45, 7) is 3.76. The predicted molar refractivity (Wildman–Crippen MR) is 60.0 cm³/mol. The summed E-state index contributed by atoms with van der Waals surface area (Å²) in [5, 5.41) is 9.29. The number of hydrogen-bond donors (Lipinski definition) is 1. The molecule has 1 amide bonds. The summed E-state index contributed by atoms with van der Waals surface area (Å²) < 4.78 is 5.47. The van der Waals surface area contributed by atoms with Gasteiger partial charge in [0.25, 0.3) is 0 Å². The van der Waals surface area contributed by atoms with E-state index < -0.39 is 0 Å². The first-order valence-electron chi connectivity index (χ1n) is 6.24. The van der Waals surface area contributed by atoms with Crippen LogP contribution in [0.3, 0.4) is 0 Å². The Morgan fingerprint density at radius 3 is 2.94 bits per heavy atom. The van der Waals surface area contributed by atoms with E-state index in [1.165, 1.54) is 0 Å². The Bertz CT molecular complexity index is 251. The van der Waals surface area contributed by atoms with E-state index in [4.69, 9.17) is 4.74 Å². The number of nitrogens with zero attached hydrogens (tertiary/aromatic N) is 1. The van der Waals surface area contributed by atoms with Crippen LogP contribution in [0.1, 0.15) is 32.6 Å². The fourth-order valence-corrected chi connectivity index (χ4v) is 2.71. The topological polar surface area (TPSA) is 49.8 Å². The maximum absolute atomic E-state index is 12.1. The van der Waals surface area contributed by atoms with Gasteiger partial charge >= 0.3 is 0 Å². The monoisotopic (exact) mass is 227 g/mol. The lowest BCUT2D eigenvalue weighted by Crippen LogP contribution is -2.41. The fraction of sp³-hybridized carbons (Fsp3) is 0.917. The van der Waals surface area contributed by atoms with Gasteiger partial charge in [-0.25, -0.2) is 0 Å². The van der Waals surface area contributed by atoms with Gasteiger partial charge in [0.1, 0.15) is 0 Å². The second-order valence-electron chi connectivity index (χ2n) is 4.94. The molecule has 0 aromatic heterocycles. The maximum Gasteiger partial charge on any atom is 0.225 e. The van der Waals surface area contributed by atoms with Crippen molar-refractivity contribution in [2.45, 2.75) is 44.8 Å². The van der Waals surface area contributed by atoms with E-state index in [1.807, 2.05) is 4.90 Å². The molecule has 92 valence electrons. The molecule has 0 aromatic carbocycles. The minimum absolute atomic E-state index is 0.0221. The molecule has 2 rings (SSSR count). The summed E-state index contributed by atoms with van der Waals surface area (Å²) in [6, 6.07) is 0.0221. The van der Waals surface area contributed by atoms with Crippen LogP contribution in [0.5, 0.6) is 0 Å². The zero-order valence-corrected chi connectivity index (χ0v) is 9.89. The van der Waals surface area contributed by atoms with Crippen molar-refractivity contribution in [3.8, 4) is 0 Å². The van der Waals surface area contributed by atoms with E-state index in [-0.39, 0.29) is 24.7 Å². The minimum Gasteiger partial charge on any atom is -0.394 e. The molecular formula is C12H21NO3. The highest BCUT2D eigenvalue weighted by molar-refractivity contribution is 5.77. The summed E-state index contributed by atoms with van der Waals surface area (Å²) in [4.78, 5) is 13.9. The largest absolute Gasteiger partial charge is 0.394 e. The molecule has 2 aliphatic heterocycles. The highest BCUT2D eigenvalue weighted by Gasteiger charge is 2.34. The summed E-state index contributed by atoms with van der Waals surface area (Å²) in [5.74, 6) is 0.564. The third kappa shape index (κ3) is 2.38. The number of carbonyl (C=O) groups is 1. The summed E-state index contributed by atoms with van der Waals surface area (Å²) in [5.41, 5.74) is 0. The van der Waals surface area contributed by atoms with Crippen LogP contribution in [0.15, 0.2) is 0 Å². The van der Waals surface area contributed by atoms with Crippen LogP contribution >= 0.6 is 0 Å². The van der Waals surface area contributed by atoms with Crippen molar-refractivity contribution in [1.82, 2.24) is 4.90 Å². The number of likely N-dealkylation sites (tertiary alicyclic amines) is 1. The van der Waals surface area contributed by atoms with E-state index >= 15 is 0 Å². The summed E-state index contributed by atoms with van der Waals surface area (Å²) >= 11 is 0. The van der Waals surface area contributed by atoms with E-state index in [2.05, 4.69) is 6.92 Å². The molecular weight excluding hydrogens is 206 g/mol. The Kier molecular flexibility index (Phi) is 3.82. The molecule has 2 heterocycles. The number of rotatable bonds is 3. The molecule has 0 radical (unpaired) electrons. The van der Waals surface area contributed by atoms with Crippen molar-refractivity contribution in [2.24, 2.45) is 5.92 Å². The average molecular weight is 227 g/mol. The molecule has 2 fully saturated rings. The number of ether oxygens (including phenoxy) is 1. The standard InChI is InChI=1S/C12H21NO3/c1-9-4-5-13(11(9)8-14)12(15)7-10-3-2-6-16-10/h9-11,14H,2-8H2,1H3. The molecule has 16 heavy (non-hydrogen) atoms. The Hall–Kier alpha value is -0.610. The van der Waals surface area contributed by atoms with Gasteiger partial charge in [0.15, 0.2) is 0 Å². The van der Waals surface area contributed by atoms with Gasteiger partial charge in [-0.15, -0.1) is 0 Å². The van der Waals surface area contributed by atoms with E-state index in [0.29, 0.717) is 12.3 Å². The van der Waals surface area contributed by atoms with Gasteiger partial charge in [-0.2, -0.15) is 0 Å². The third-order valence-corrected chi connectivity index (χ3v) is 3.82. The lowest BCUT2D eigenvalue weighted by Gasteiger charge is -2.26. The predicted octanol–water partition coefficient (Wildman–Crippen LogP) is 0.785. The maximum atomic E-state index is 12.1. The van der Waals surface area contributed by atoms with Crippen molar-refractivity contribution < 1.29 is 14.6 Å². The van der Waals surface area contributed by atoms with Crippen LogP contribution in [-0.2, 0) is 9.53 Å². The van der Waals surface area contributed by atoms with Crippen molar-refractivity contribution in [3.05, 3.63) is 0 Å². The van der Waals surface area contributed by atoms with Crippen molar-refractivity contribution >= 4 is 5.91 Å². The first kappa shape index (κ1) is 11.9. The third-order valence-electron chi connectivity index (χ3n) is 3.82. The molecule has 0 bridgehead atoms. The zero-order chi connectivity index (χ0) is 11.5. The molecule has 0 saturated carbocycles. The smallest absolute Gasteiger partial charge is 0.225 e. The van der Waals surface area contributed by atoms with Crippen LogP contribution < -0.4 is 0 Å². The van der Waals surface area contributed by atoms with Crippen LogP contribution in [-0.4, -0.2) is 47.8 Å². The SMILES string of the molecule is CC1CCN(C(=O)CC2CCCO2)C1CO. The molecule has 3 atom stereocenters. The lowest BCUT2D eigenvalue weighted by atomic mass is 10.0. The zero-order valence-electron chi connectivity index (χ0n) is 9.89. The molecule has 1 N–H and O–H groups in total. The number of hydrogen-bond acceptors (Lipinski definition) is 3. The van der Waals surface area contributed by atoms with E-state index in [1.54, 1.807) is 0 Å². The van der Waals surface area contributed by atoms with Crippen molar-refractivity contribution in [2.75, 3.05) is 19.8 Å². The van der Waals surface area contributed by atoms with Crippen LogP contribution in [0.4, 0.5) is 0 Å². The summed E-state index contributed by atoms with van der Waals surface area (Å²) in [7, 11) is 0. The first-order chi connectivity index (χ1) is 7.72. The Morgan fingerprint density at radius 1 is 1.50 bits per heavy atom. The van der Waals surface area contributed by atoms with Crippen LogP contribution in [0.2, 0.25) is 0 Å². The average Bonchev–Trinajstić information content (AvgIpc) is 2.87. The Balaban J connectivity index is 1.88. The molecule has 3 unspecified atom stereocenters. The molecule has 0 aromatic rings. The number of amides is 1. The number of aliphatic hydroxyl groups is 1. The first-order valence-corrected chi connectivity index (χ1v) is 6.24. The molecule has 4 nitrogen and oxygen atoms in total. The Labute approximate surface area is 96.6 Å². The molecule has 0 aliphatic carbocycles. The Morgan fingerprint density at radius 2 is 2.31 bits per heavy atom. The normalized spacial score (nSPS) is 34.6. The highest BCUT2D eigenvalue weighted by Crippen LogP contribution is 2.25. The fourth-order valence-electron chi connectivity index (χ4n) is 2.71. The van der Waals surface area contributed by atoms with Gasteiger partial charge < -0.3 is 14.7 Å². The number of carbonyl (C=O) groups excluding carboxylic acids is 1. The van der Waals surface area contributed by atoms with Gasteiger partial charge in [0.2, 0.25) is 5.91 Å².